The predicted molar refractivity (Wildman–Crippen MR) is 63.9 cm³/mol. The molecule has 2 rings (SSSR count). The quantitative estimate of drug-likeness (QED) is 0.845. The topological polar surface area (TPSA) is 62.5 Å². The molecule has 0 amide bonds. The molecule has 1 aliphatic rings. The number of carboxylic acid groups (broad SMARTS) is 1. The summed E-state index contributed by atoms with van der Waals surface area (Å²) >= 11 is 0. The summed E-state index contributed by atoms with van der Waals surface area (Å²) in [5, 5.41) is 12.4. The van der Waals surface area contributed by atoms with Crippen LogP contribution in [0.15, 0.2) is 16.7 Å². The molecule has 1 aromatic rings. The first-order valence-corrected chi connectivity index (χ1v) is 6.21. The highest BCUT2D eigenvalue weighted by Gasteiger charge is 2.21. The molecule has 1 aromatic heterocycles. The largest absolute Gasteiger partial charge is 0.475 e. The maximum absolute atomic E-state index is 10.9. The van der Waals surface area contributed by atoms with E-state index in [1.54, 1.807) is 6.07 Å². The zero-order chi connectivity index (χ0) is 12.3. The van der Waals surface area contributed by atoms with E-state index in [4.69, 9.17) is 9.52 Å². The maximum atomic E-state index is 10.9. The first-order valence-electron chi connectivity index (χ1n) is 6.21. The minimum absolute atomic E-state index is 0.0564. The Morgan fingerprint density at radius 1 is 1.53 bits per heavy atom. The van der Waals surface area contributed by atoms with Gasteiger partial charge in [-0.1, -0.05) is 19.8 Å². The van der Waals surface area contributed by atoms with Crippen LogP contribution in [0.2, 0.25) is 0 Å². The van der Waals surface area contributed by atoms with Gasteiger partial charge in [-0.05, 0) is 24.8 Å². The summed E-state index contributed by atoms with van der Waals surface area (Å²) in [6, 6.07) is 2.23. The van der Waals surface area contributed by atoms with E-state index < -0.39 is 5.97 Å². The van der Waals surface area contributed by atoms with Crippen molar-refractivity contribution in [2.75, 3.05) is 0 Å². The molecule has 2 unspecified atom stereocenters. The molecule has 0 saturated heterocycles. The third-order valence-electron chi connectivity index (χ3n) is 3.61. The number of furan rings is 1. The van der Waals surface area contributed by atoms with Crippen molar-refractivity contribution in [1.29, 1.82) is 0 Å². The second kappa shape index (κ2) is 5.36. The Morgan fingerprint density at radius 2 is 2.29 bits per heavy atom. The Bertz CT molecular complexity index is 386. The lowest BCUT2D eigenvalue weighted by molar-refractivity contribution is 0.0660. The molecule has 0 bridgehead atoms. The van der Waals surface area contributed by atoms with Gasteiger partial charge in [-0.25, -0.2) is 4.79 Å². The highest BCUT2D eigenvalue weighted by Crippen LogP contribution is 2.24. The normalized spacial score (nSPS) is 24.8. The van der Waals surface area contributed by atoms with Gasteiger partial charge in [-0.15, -0.1) is 0 Å². The minimum atomic E-state index is -0.997. The molecule has 1 heterocycles. The summed E-state index contributed by atoms with van der Waals surface area (Å²) in [6.45, 7) is 2.83. The van der Waals surface area contributed by atoms with Crippen molar-refractivity contribution in [3.8, 4) is 0 Å². The van der Waals surface area contributed by atoms with E-state index in [-0.39, 0.29) is 5.76 Å². The highest BCUT2D eigenvalue weighted by molar-refractivity contribution is 5.86. The van der Waals surface area contributed by atoms with Crippen LogP contribution in [-0.2, 0) is 6.54 Å². The molecular weight excluding hydrogens is 218 g/mol. The molecule has 1 aliphatic carbocycles. The molecule has 0 spiro atoms. The van der Waals surface area contributed by atoms with E-state index in [0.717, 1.165) is 5.56 Å². The Hall–Kier alpha value is -1.29. The second-order valence-electron chi connectivity index (χ2n) is 4.83. The smallest absolute Gasteiger partial charge is 0.372 e. The van der Waals surface area contributed by atoms with Crippen molar-refractivity contribution in [3.63, 3.8) is 0 Å². The van der Waals surface area contributed by atoms with Crippen molar-refractivity contribution in [1.82, 2.24) is 5.32 Å². The number of carboxylic acids is 1. The summed E-state index contributed by atoms with van der Waals surface area (Å²) in [5.74, 6) is -0.270. The lowest BCUT2D eigenvalue weighted by atomic mass is 9.86. The Morgan fingerprint density at radius 3 is 3.00 bits per heavy atom. The third kappa shape index (κ3) is 2.88. The Balaban J connectivity index is 1.92. The van der Waals surface area contributed by atoms with Gasteiger partial charge < -0.3 is 14.8 Å². The molecule has 0 aromatic carbocycles. The molecule has 1 saturated carbocycles. The van der Waals surface area contributed by atoms with E-state index >= 15 is 0 Å². The summed E-state index contributed by atoms with van der Waals surface area (Å²) in [4.78, 5) is 10.9. The van der Waals surface area contributed by atoms with Crippen LogP contribution in [0.5, 0.6) is 0 Å². The van der Waals surface area contributed by atoms with Crippen molar-refractivity contribution in [2.45, 2.75) is 45.2 Å². The highest BCUT2D eigenvalue weighted by atomic mass is 16.4. The third-order valence-corrected chi connectivity index (χ3v) is 3.61. The molecule has 17 heavy (non-hydrogen) atoms. The van der Waals surface area contributed by atoms with Crippen LogP contribution in [0.1, 0.15) is 48.7 Å². The SMILES string of the molecule is CC1CCCCC1NCc1ccoc1C(=O)O. The van der Waals surface area contributed by atoms with Gasteiger partial charge in [0.1, 0.15) is 0 Å². The first kappa shape index (κ1) is 12.2. The molecule has 0 aliphatic heterocycles. The van der Waals surface area contributed by atoms with E-state index in [9.17, 15) is 4.79 Å². The summed E-state index contributed by atoms with van der Waals surface area (Å²) in [5.41, 5.74) is 0.732. The van der Waals surface area contributed by atoms with E-state index in [1.807, 2.05) is 0 Å². The van der Waals surface area contributed by atoms with Gasteiger partial charge in [-0.2, -0.15) is 0 Å². The summed E-state index contributed by atoms with van der Waals surface area (Å²) in [7, 11) is 0. The van der Waals surface area contributed by atoms with Crippen LogP contribution in [0.4, 0.5) is 0 Å². The lowest BCUT2D eigenvalue weighted by Gasteiger charge is -2.29. The van der Waals surface area contributed by atoms with Crippen LogP contribution in [-0.4, -0.2) is 17.1 Å². The van der Waals surface area contributed by atoms with Crippen LogP contribution in [0, 0.1) is 5.92 Å². The van der Waals surface area contributed by atoms with E-state index in [2.05, 4.69) is 12.2 Å². The van der Waals surface area contributed by atoms with Crippen molar-refractivity contribution in [3.05, 3.63) is 23.7 Å². The van der Waals surface area contributed by atoms with E-state index in [0.29, 0.717) is 18.5 Å². The molecule has 0 radical (unpaired) electrons. The maximum Gasteiger partial charge on any atom is 0.372 e. The van der Waals surface area contributed by atoms with Crippen LogP contribution >= 0.6 is 0 Å². The zero-order valence-corrected chi connectivity index (χ0v) is 10.1. The monoisotopic (exact) mass is 237 g/mol. The number of nitrogens with one attached hydrogen (secondary N) is 1. The van der Waals surface area contributed by atoms with Crippen molar-refractivity contribution >= 4 is 5.97 Å². The van der Waals surface area contributed by atoms with Gasteiger partial charge in [0, 0.05) is 18.2 Å². The summed E-state index contributed by atoms with van der Waals surface area (Å²) in [6.07, 6.45) is 6.45. The fourth-order valence-corrected chi connectivity index (χ4v) is 2.52. The molecule has 2 N–H and O–H groups in total. The number of carbonyl (C=O) groups is 1. The van der Waals surface area contributed by atoms with Crippen molar-refractivity contribution < 1.29 is 14.3 Å². The average molecular weight is 237 g/mol. The van der Waals surface area contributed by atoms with Crippen LogP contribution in [0.25, 0.3) is 0 Å². The van der Waals surface area contributed by atoms with Crippen LogP contribution in [0.3, 0.4) is 0 Å². The fraction of sp³-hybridized carbons (Fsp3) is 0.615. The standard InChI is InChI=1S/C13H19NO3/c1-9-4-2-3-5-11(9)14-8-10-6-7-17-12(10)13(15)16/h6-7,9,11,14H,2-5,8H2,1H3,(H,15,16). The van der Waals surface area contributed by atoms with Gasteiger partial charge in [0.2, 0.25) is 5.76 Å². The van der Waals surface area contributed by atoms with Gasteiger partial charge in [0.15, 0.2) is 0 Å². The molecule has 1 fully saturated rings. The molecule has 4 nitrogen and oxygen atoms in total. The van der Waals surface area contributed by atoms with Gasteiger partial charge in [-0.3, -0.25) is 0 Å². The summed E-state index contributed by atoms with van der Waals surface area (Å²) < 4.78 is 4.95. The molecule has 2 atom stereocenters. The van der Waals surface area contributed by atoms with E-state index in [1.165, 1.54) is 31.9 Å². The first-order chi connectivity index (χ1) is 8.18. The van der Waals surface area contributed by atoms with Gasteiger partial charge in [0.25, 0.3) is 0 Å². The lowest BCUT2D eigenvalue weighted by Crippen LogP contribution is -2.36. The average Bonchev–Trinajstić information content (AvgIpc) is 2.76. The Kier molecular flexibility index (Phi) is 3.84. The van der Waals surface area contributed by atoms with Crippen LogP contribution < -0.4 is 5.32 Å². The minimum Gasteiger partial charge on any atom is -0.475 e. The zero-order valence-electron chi connectivity index (χ0n) is 10.1. The number of hydrogen-bond acceptors (Lipinski definition) is 3. The number of aromatic carboxylic acids is 1. The Labute approximate surface area is 101 Å². The molecule has 94 valence electrons. The van der Waals surface area contributed by atoms with Gasteiger partial charge >= 0.3 is 5.97 Å². The molecular formula is C13H19NO3. The number of hydrogen-bond donors (Lipinski definition) is 2. The fourth-order valence-electron chi connectivity index (χ4n) is 2.52. The number of rotatable bonds is 4. The van der Waals surface area contributed by atoms with Gasteiger partial charge in [0.05, 0.1) is 6.26 Å². The second-order valence-corrected chi connectivity index (χ2v) is 4.83. The van der Waals surface area contributed by atoms with Crippen molar-refractivity contribution in [2.24, 2.45) is 5.92 Å². The predicted octanol–water partition coefficient (Wildman–Crippen LogP) is 2.65. The molecule has 4 heteroatoms.